The van der Waals surface area contributed by atoms with Crippen molar-refractivity contribution in [1.82, 2.24) is 0 Å². The highest BCUT2D eigenvalue weighted by molar-refractivity contribution is 5.99. The molecule has 0 aliphatic carbocycles. The van der Waals surface area contributed by atoms with Gasteiger partial charge in [-0.2, -0.15) is 0 Å². The van der Waals surface area contributed by atoms with E-state index in [1.165, 1.54) is 11.1 Å². The predicted molar refractivity (Wildman–Crippen MR) is 106 cm³/mol. The molecule has 1 fully saturated rings. The fourth-order valence-electron chi connectivity index (χ4n) is 4.39. The number of fused-ring (bicyclic) bond motifs is 3. The van der Waals surface area contributed by atoms with Crippen molar-refractivity contribution in [2.24, 2.45) is 0 Å². The Labute approximate surface area is 159 Å². The van der Waals surface area contributed by atoms with Crippen molar-refractivity contribution in [3.63, 3.8) is 0 Å². The summed E-state index contributed by atoms with van der Waals surface area (Å²) in [7, 11) is 0. The molecule has 3 aromatic carbocycles. The van der Waals surface area contributed by atoms with Crippen molar-refractivity contribution in [3.8, 4) is 5.75 Å². The first-order chi connectivity index (χ1) is 13.3. The zero-order chi connectivity index (χ0) is 18.2. The molecule has 2 atom stereocenters. The van der Waals surface area contributed by atoms with Gasteiger partial charge in [0.1, 0.15) is 12.4 Å². The Morgan fingerprint density at radius 2 is 1.70 bits per heavy atom. The quantitative estimate of drug-likeness (QED) is 0.678. The molecule has 2 aliphatic rings. The van der Waals surface area contributed by atoms with Gasteiger partial charge >= 0.3 is 0 Å². The van der Waals surface area contributed by atoms with Gasteiger partial charge in [-0.05, 0) is 41.3 Å². The van der Waals surface area contributed by atoms with Crippen LogP contribution in [0.2, 0.25) is 0 Å². The summed E-state index contributed by atoms with van der Waals surface area (Å²) in [6.45, 7) is 0.550. The summed E-state index contributed by atoms with van der Waals surface area (Å²) in [6.07, 6.45) is 1.50. The molecule has 1 amide bonds. The maximum absolute atomic E-state index is 12.7. The summed E-state index contributed by atoms with van der Waals surface area (Å²) in [4.78, 5) is 14.7. The minimum absolute atomic E-state index is 0.213. The van der Waals surface area contributed by atoms with Crippen LogP contribution in [0.1, 0.15) is 29.0 Å². The van der Waals surface area contributed by atoms with E-state index in [4.69, 9.17) is 4.74 Å². The number of rotatable bonds is 4. The normalized spacial score (nSPS) is 20.4. The predicted octanol–water partition coefficient (Wildman–Crippen LogP) is 4.71. The molecule has 0 spiro atoms. The highest BCUT2D eigenvalue weighted by atomic mass is 16.5. The number of carbonyl (C=O) groups excluding carboxylic acids is 1. The third-order valence-corrected chi connectivity index (χ3v) is 5.67. The zero-order valence-electron chi connectivity index (χ0n) is 15.0. The van der Waals surface area contributed by atoms with Gasteiger partial charge in [-0.3, -0.25) is 4.79 Å². The number of ether oxygens (including phenoxy) is 1. The first-order valence-electron chi connectivity index (χ1n) is 9.46. The van der Waals surface area contributed by atoms with E-state index >= 15 is 0 Å². The minimum Gasteiger partial charge on any atom is -0.489 e. The van der Waals surface area contributed by atoms with Crippen molar-refractivity contribution >= 4 is 11.6 Å². The number of carbonyl (C=O) groups is 1. The Morgan fingerprint density at radius 1 is 0.889 bits per heavy atom. The molecule has 134 valence electrons. The van der Waals surface area contributed by atoms with Crippen molar-refractivity contribution in [3.05, 3.63) is 95.6 Å². The average molecular weight is 355 g/mol. The van der Waals surface area contributed by atoms with Crippen LogP contribution < -0.4 is 9.64 Å². The summed E-state index contributed by atoms with van der Waals surface area (Å²) < 4.78 is 5.99. The molecule has 2 heterocycles. The monoisotopic (exact) mass is 355 g/mol. The standard InChI is InChI=1S/C24H21NO2/c26-24-15-21(23-14-19-9-4-5-12-22(19)25(23)24)18-10-6-11-20(13-18)27-16-17-7-2-1-3-8-17/h1-13,21,23H,14-16H2/t21-,23-/m1/s1. The maximum Gasteiger partial charge on any atom is 0.227 e. The molecule has 27 heavy (non-hydrogen) atoms. The van der Waals surface area contributed by atoms with Crippen LogP contribution in [0.15, 0.2) is 78.9 Å². The van der Waals surface area contributed by atoms with Crippen LogP contribution in [0.25, 0.3) is 0 Å². The molecular formula is C24H21NO2. The molecular weight excluding hydrogens is 334 g/mol. The molecule has 0 unspecified atom stereocenters. The van der Waals surface area contributed by atoms with Crippen molar-refractivity contribution in [1.29, 1.82) is 0 Å². The van der Waals surface area contributed by atoms with Gasteiger partial charge in [-0.1, -0.05) is 60.7 Å². The molecule has 0 bridgehead atoms. The topological polar surface area (TPSA) is 29.5 Å². The Morgan fingerprint density at radius 3 is 2.59 bits per heavy atom. The molecule has 0 radical (unpaired) electrons. The van der Waals surface area contributed by atoms with Crippen molar-refractivity contribution in [2.75, 3.05) is 4.90 Å². The van der Waals surface area contributed by atoms with Crippen molar-refractivity contribution in [2.45, 2.75) is 31.4 Å². The average Bonchev–Trinajstić information content (AvgIpc) is 3.25. The van der Waals surface area contributed by atoms with Gasteiger partial charge in [0.05, 0.1) is 0 Å². The van der Waals surface area contributed by atoms with Gasteiger partial charge in [0, 0.05) is 24.1 Å². The third-order valence-electron chi connectivity index (χ3n) is 5.67. The van der Waals surface area contributed by atoms with Gasteiger partial charge in [0.25, 0.3) is 0 Å². The van der Waals surface area contributed by atoms with E-state index in [0.717, 1.165) is 23.4 Å². The molecule has 1 saturated heterocycles. The van der Waals surface area contributed by atoms with Crippen LogP contribution in [0.4, 0.5) is 5.69 Å². The first-order valence-corrected chi connectivity index (χ1v) is 9.46. The van der Waals surface area contributed by atoms with Crippen LogP contribution in [0.5, 0.6) is 5.75 Å². The van der Waals surface area contributed by atoms with E-state index in [1.807, 2.05) is 41.3 Å². The Hall–Kier alpha value is -3.07. The molecule has 0 N–H and O–H groups in total. The van der Waals surface area contributed by atoms with Crippen LogP contribution in [-0.4, -0.2) is 11.9 Å². The Balaban J connectivity index is 1.37. The van der Waals surface area contributed by atoms with E-state index in [0.29, 0.717) is 13.0 Å². The van der Waals surface area contributed by atoms with Gasteiger partial charge in [-0.25, -0.2) is 0 Å². The van der Waals surface area contributed by atoms with Crippen molar-refractivity contribution < 1.29 is 9.53 Å². The molecule has 2 aliphatic heterocycles. The minimum atomic E-state index is 0.213. The largest absolute Gasteiger partial charge is 0.489 e. The number of para-hydroxylation sites is 1. The number of benzene rings is 3. The zero-order valence-corrected chi connectivity index (χ0v) is 15.0. The molecule has 3 nitrogen and oxygen atoms in total. The Bertz CT molecular complexity index is 982. The lowest BCUT2D eigenvalue weighted by molar-refractivity contribution is -0.117. The lowest BCUT2D eigenvalue weighted by Crippen LogP contribution is -2.31. The van der Waals surface area contributed by atoms with E-state index < -0.39 is 0 Å². The summed E-state index contributed by atoms with van der Waals surface area (Å²) in [5.41, 5.74) is 4.70. The molecule has 3 aromatic rings. The lowest BCUT2D eigenvalue weighted by atomic mass is 9.89. The molecule has 3 heteroatoms. The highest BCUT2D eigenvalue weighted by Gasteiger charge is 2.45. The lowest BCUT2D eigenvalue weighted by Gasteiger charge is -2.21. The summed E-state index contributed by atoms with van der Waals surface area (Å²) in [5.74, 6) is 1.30. The second-order valence-electron chi connectivity index (χ2n) is 7.32. The Kier molecular flexibility index (Phi) is 3.93. The second kappa shape index (κ2) is 6.58. The summed E-state index contributed by atoms with van der Waals surface area (Å²) in [5, 5.41) is 0. The van der Waals surface area contributed by atoms with Crippen LogP contribution in [-0.2, 0) is 17.8 Å². The number of hydrogen-bond acceptors (Lipinski definition) is 2. The van der Waals surface area contributed by atoms with Crippen LogP contribution in [0.3, 0.4) is 0 Å². The highest BCUT2D eigenvalue weighted by Crippen LogP contribution is 2.45. The molecule has 5 rings (SSSR count). The van der Waals surface area contributed by atoms with Gasteiger partial charge in [0.2, 0.25) is 5.91 Å². The number of anilines is 1. The smallest absolute Gasteiger partial charge is 0.227 e. The van der Waals surface area contributed by atoms with Gasteiger partial charge in [-0.15, -0.1) is 0 Å². The summed E-state index contributed by atoms with van der Waals surface area (Å²) >= 11 is 0. The van der Waals surface area contributed by atoms with Crippen LogP contribution in [0, 0.1) is 0 Å². The van der Waals surface area contributed by atoms with Gasteiger partial charge in [0.15, 0.2) is 0 Å². The first kappa shape index (κ1) is 16.1. The van der Waals surface area contributed by atoms with E-state index in [2.05, 4.69) is 42.5 Å². The second-order valence-corrected chi connectivity index (χ2v) is 7.32. The number of amides is 1. The summed E-state index contributed by atoms with van der Waals surface area (Å²) in [6, 6.07) is 26.9. The van der Waals surface area contributed by atoms with Gasteiger partial charge < -0.3 is 9.64 Å². The molecule has 0 saturated carbocycles. The maximum atomic E-state index is 12.7. The van der Waals surface area contributed by atoms with E-state index in [-0.39, 0.29) is 17.9 Å². The van der Waals surface area contributed by atoms with Crippen LogP contribution >= 0.6 is 0 Å². The van der Waals surface area contributed by atoms with E-state index in [1.54, 1.807) is 0 Å². The number of nitrogens with zero attached hydrogens (tertiary/aromatic N) is 1. The molecule has 0 aromatic heterocycles. The third kappa shape index (κ3) is 2.89. The van der Waals surface area contributed by atoms with E-state index in [9.17, 15) is 4.79 Å². The number of hydrogen-bond donors (Lipinski definition) is 0. The fourth-order valence-corrected chi connectivity index (χ4v) is 4.39. The SMILES string of the molecule is O=C1C[C@H](c2cccc(OCc3ccccc3)c2)[C@H]2Cc3ccccc3N12. The fraction of sp³-hybridized carbons (Fsp3) is 0.208.